The zero-order valence-electron chi connectivity index (χ0n) is 13.7. The molecule has 0 atom stereocenters. The Balaban J connectivity index is 1.61. The van der Waals surface area contributed by atoms with Crippen LogP contribution in [0.4, 0.5) is 0 Å². The van der Waals surface area contributed by atoms with Gasteiger partial charge in [-0.25, -0.2) is 8.42 Å². The molecule has 3 rings (SSSR count). The van der Waals surface area contributed by atoms with Crippen LogP contribution >= 0.6 is 11.3 Å². The molecule has 1 N–H and O–H groups in total. The van der Waals surface area contributed by atoms with Gasteiger partial charge in [-0.1, -0.05) is 30.3 Å². The minimum Gasteiger partial charge on any atom is -0.481 e. The summed E-state index contributed by atoms with van der Waals surface area (Å²) in [5.74, 6) is -0.958. The van der Waals surface area contributed by atoms with Crippen LogP contribution in [-0.4, -0.2) is 54.9 Å². The Morgan fingerprint density at radius 3 is 2.36 bits per heavy atom. The van der Waals surface area contributed by atoms with E-state index < -0.39 is 16.0 Å². The summed E-state index contributed by atoms with van der Waals surface area (Å²) in [6, 6.07) is 13.2. The lowest BCUT2D eigenvalue weighted by molar-refractivity contribution is -0.136. The maximum Gasteiger partial charge on any atom is 0.308 e. The van der Waals surface area contributed by atoms with Gasteiger partial charge in [0.05, 0.1) is 6.42 Å². The molecule has 0 bridgehead atoms. The van der Waals surface area contributed by atoms with E-state index in [0.717, 1.165) is 17.9 Å². The monoisotopic (exact) mass is 380 g/mol. The molecule has 1 saturated heterocycles. The maximum absolute atomic E-state index is 12.7. The highest BCUT2D eigenvalue weighted by Crippen LogP contribution is 2.26. The first-order valence-electron chi connectivity index (χ1n) is 8.02. The topological polar surface area (TPSA) is 77.9 Å². The number of aliphatic carboxylic acids is 1. The summed E-state index contributed by atoms with van der Waals surface area (Å²) in [4.78, 5) is 13.5. The number of benzene rings is 1. The van der Waals surface area contributed by atoms with Crippen molar-refractivity contribution in [3.05, 3.63) is 52.9 Å². The molecule has 1 aliphatic heterocycles. The fourth-order valence-electron chi connectivity index (χ4n) is 2.84. The smallest absolute Gasteiger partial charge is 0.308 e. The Hall–Kier alpha value is -1.74. The molecule has 1 aromatic heterocycles. The summed E-state index contributed by atoms with van der Waals surface area (Å²) in [5.41, 5.74) is 1.22. The van der Waals surface area contributed by atoms with Crippen molar-refractivity contribution in [3.63, 3.8) is 0 Å². The molecule has 25 heavy (non-hydrogen) atoms. The molecule has 1 aliphatic rings. The van der Waals surface area contributed by atoms with Gasteiger partial charge < -0.3 is 5.11 Å². The van der Waals surface area contributed by atoms with E-state index in [4.69, 9.17) is 5.11 Å². The Morgan fingerprint density at radius 1 is 1.04 bits per heavy atom. The third-order valence-electron chi connectivity index (χ3n) is 4.14. The second-order valence-corrected chi connectivity index (χ2v) is 9.29. The fourth-order valence-corrected chi connectivity index (χ4v) is 5.76. The SMILES string of the molecule is O=C(O)Cc1ccc(S(=O)(=O)N2CCN(Cc3ccccc3)CC2)s1. The number of carbonyl (C=O) groups is 1. The molecule has 6 nitrogen and oxygen atoms in total. The van der Waals surface area contributed by atoms with E-state index in [-0.39, 0.29) is 10.6 Å². The predicted octanol–water partition coefficient (Wildman–Crippen LogP) is 1.88. The highest BCUT2D eigenvalue weighted by Gasteiger charge is 2.29. The van der Waals surface area contributed by atoms with Gasteiger partial charge in [0, 0.05) is 37.6 Å². The van der Waals surface area contributed by atoms with Crippen LogP contribution in [0, 0.1) is 0 Å². The van der Waals surface area contributed by atoms with E-state index in [9.17, 15) is 13.2 Å². The van der Waals surface area contributed by atoms with E-state index in [0.29, 0.717) is 31.1 Å². The van der Waals surface area contributed by atoms with Gasteiger partial charge in [0.25, 0.3) is 10.0 Å². The zero-order valence-corrected chi connectivity index (χ0v) is 15.3. The van der Waals surface area contributed by atoms with E-state index >= 15 is 0 Å². The number of piperazine rings is 1. The second-order valence-electron chi connectivity index (χ2n) is 5.96. The normalized spacial score (nSPS) is 16.8. The van der Waals surface area contributed by atoms with Gasteiger partial charge in [-0.15, -0.1) is 11.3 Å². The van der Waals surface area contributed by atoms with E-state index in [1.54, 1.807) is 6.07 Å². The molecule has 1 aromatic carbocycles. The van der Waals surface area contributed by atoms with Crippen LogP contribution < -0.4 is 0 Å². The van der Waals surface area contributed by atoms with Gasteiger partial charge >= 0.3 is 5.97 Å². The standard InChI is InChI=1S/C17H20N2O4S2/c20-16(21)12-15-6-7-17(24-15)25(22,23)19-10-8-18(9-11-19)13-14-4-2-1-3-5-14/h1-7H,8-13H2,(H,20,21). The molecule has 0 aliphatic carbocycles. The van der Waals surface area contributed by atoms with Gasteiger partial charge in [-0.2, -0.15) is 4.31 Å². The van der Waals surface area contributed by atoms with Gasteiger partial charge in [-0.3, -0.25) is 9.69 Å². The molecule has 2 aromatic rings. The Bertz CT molecular complexity index is 825. The van der Waals surface area contributed by atoms with Gasteiger partial charge in [-0.05, 0) is 17.7 Å². The molecule has 0 saturated carbocycles. The highest BCUT2D eigenvalue weighted by molar-refractivity contribution is 7.91. The molecular formula is C17H20N2O4S2. The number of sulfonamides is 1. The molecule has 1 fully saturated rings. The largest absolute Gasteiger partial charge is 0.481 e. The Labute approximate surface area is 151 Å². The number of hydrogen-bond acceptors (Lipinski definition) is 5. The summed E-state index contributed by atoms with van der Waals surface area (Å²) in [6.07, 6.45) is -0.148. The second kappa shape index (κ2) is 7.65. The van der Waals surface area contributed by atoms with Crippen molar-refractivity contribution >= 4 is 27.3 Å². The van der Waals surface area contributed by atoms with Crippen molar-refractivity contribution in [1.29, 1.82) is 0 Å². The van der Waals surface area contributed by atoms with Crippen LogP contribution in [0.3, 0.4) is 0 Å². The zero-order chi connectivity index (χ0) is 17.9. The number of rotatable bonds is 6. The summed E-state index contributed by atoms with van der Waals surface area (Å²) in [6.45, 7) is 3.07. The number of thiophene rings is 1. The third kappa shape index (κ3) is 4.46. The minimum atomic E-state index is -3.54. The number of carboxylic acid groups (broad SMARTS) is 1. The van der Waals surface area contributed by atoms with Crippen LogP contribution in [-0.2, 0) is 27.8 Å². The molecule has 8 heteroatoms. The van der Waals surface area contributed by atoms with Crippen LogP contribution in [0.2, 0.25) is 0 Å². The molecule has 0 amide bonds. The third-order valence-corrected chi connectivity index (χ3v) is 7.59. The quantitative estimate of drug-likeness (QED) is 0.828. The van der Waals surface area contributed by atoms with Gasteiger partial charge in [0.1, 0.15) is 4.21 Å². The molecular weight excluding hydrogens is 360 g/mol. The number of carboxylic acids is 1. The van der Waals surface area contributed by atoms with Crippen LogP contribution in [0.1, 0.15) is 10.4 Å². The molecule has 0 radical (unpaired) electrons. The summed E-state index contributed by atoms with van der Waals surface area (Å²) in [7, 11) is -3.54. The summed E-state index contributed by atoms with van der Waals surface area (Å²) >= 11 is 1.04. The van der Waals surface area contributed by atoms with E-state index in [1.165, 1.54) is 15.9 Å². The van der Waals surface area contributed by atoms with Gasteiger partial charge in [0.15, 0.2) is 0 Å². The van der Waals surface area contributed by atoms with Crippen LogP contribution in [0.5, 0.6) is 0 Å². The van der Waals surface area contributed by atoms with Crippen molar-refractivity contribution in [2.75, 3.05) is 26.2 Å². The van der Waals surface area contributed by atoms with Crippen molar-refractivity contribution in [3.8, 4) is 0 Å². The number of hydrogen-bond donors (Lipinski definition) is 1. The Morgan fingerprint density at radius 2 is 1.72 bits per heavy atom. The minimum absolute atomic E-state index is 0.148. The fraction of sp³-hybridized carbons (Fsp3) is 0.353. The van der Waals surface area contributed by atoms with Crippen LogP contribution in [0.25, 0.3) is 0 Å². The highest BCUT2D eigenvalue weighted by atomic mass is 32.2. The number of nitrogens with zero attached hydrogens (tertiary/aromatic N) is 2. The maximum atomic E-state index is 12.7. The van der Waals surface area contributed by atoms with Crippen molar-refractivity contribution in [2.24, 2.45) is 0 Å². The van der Waals surface area contributed by atoms with Gasteiger partial charge in [0.2, 0.25) is 0 Å². The summed E-state index contributed by atoms with van der Waals surface area (Å²) in [5, 5.41) is 8.82. The average Bonchev–Trinajstić information content (AvgIpc) is 3.05. The van der Waals surface area contributed by atoms with Crippen molar-refractivity contribution in [2.45, 2.75) is 17.2 Å². The lowest BCUT2D eigenvalue weighted by Gasteiger charge is -2.33. The average molecular weight is 380 g/mol. The lowest BCUT2D eigenvalue weighted by atomic mass is 10.2. The first kappa shape index (κ1) is 18.1. The molecule has 0 spiro atoms. The molecule has 134 valence electrons. The van der Waals surface area contributed by atoms with E-state index in [1.807, 2.05) is 18.2 Å². The Kier molecular flexibility index (Phi) is 5.53. The molecule has 0 unspecified atom stereocenters. The lowest BCUT2D eigenvalue weighted by Crippen LogP contribution is -2.48. The summed E-state index contributed by atoms with van der Waals surface area (Å²) < 4.78 is 27.2. The van der Waals surface area contributed by atoms with E-state index in [2.05, 4.69) is 17.0 Å². The van der Waals surface area contributed by atoms with Crippen molar-refractivity contribution in [1.82, 2.24) is 9.21 Å². The van der Waals surface area contributed by atoms with Crippen LogP contribution in [0.15, 0.2) is 46.7 Å². The molecule has 2 heterocycles. The first-order valence-corrected chi connectivity index (χ1v) is 10.3. The first-order chi connectivity index (χ1) is 11.9. The van der Waals surface area contributed by atoms with Crippen molar-refractivity contribution < 1.29 is 18.3 Å². The predicted molar refractivity (Wildman–Crippen MR) is 96.1 cm³/mol.